The van der Waals surface area contributed by atoms with Crippen molar-refractivity contribution in [3.63, 3.8) is 0 Å². The van der Waals surface area contributed by atoms with E-state index in [2.05, 4.69) is 0 Å². The molecule has 4 nitrogen and oxygen atoms in total. The van der Waals surface area contributed by atoms with Gasteiger partial charge in [-0.1, -0.05) is 11.6 Å². The fraction of sp³-hybridized carbons (Fsp3) is 0.500. The molecule has 0 atom stereocenters. The van der Waals surface area contributed by atoms with Gasteiger partial charge in [-0.15, -0.1) is 0 Å². The van der Waals surface area contributed by atoms with E-state index >= 15 is 0 Å². The predicted molar refractivity (Wildman–Crippen MR) is 66.5 cm³/mol. The number of amides is 1. The number of hydrogen-bond donors (Lipinski definition) is 0. The maximum atomic E-state index is 12.6. The van der Waals surface area contributed by atoms with Crippen molar-refractivity contribution in [2.75, 3.05) is 7.05 Å². The summed E-state index contributed by atoms with van der Waals surface area (Å²) < 4.78 is 38.6. The smallest absolute Gasteiger partial charge is 0.341 e. The first-order chi connectivity index (χ1) is 9.20. The maximum Gasteiger partial charge on any atom is 0.417 e. The highest BCUT2D eigenvalue weighted by atomic mass is 35.5. The number of rotatable bonds is 3. The topological polar surface area (TPSA) is 42.3 Å². The standard InChI is InChI=1S/C12H12ClF3N2O2/c1-17(8-2-3-8)10(19)6-18-5-7(12(14,15)16)4-9(13)11(18)20/h4-5,8H,2-3,6H2,1H3. The summed E-state index contributed by atoms with van der Waals surface area (Å²) in [5.41, 5.74) is -1.86. The minimum Gasteiger partial charge on any atom is -0.341 e. The minimum atomic E-state index is -4.62. The van der Waals surface area contributed by atoms with Crippen molar-refractivity contribution in [2.45, 2.75) is 31.6 Å². The Morgan fingerprint density at radius 3 is 2.60 bits per heavy atom. The molecule has 20 heavy (non-hydrogen) atoms. The number of hydrogen-bond acceptors (Lipinski definition) is 2. The van der Waals surface area contributed by atoms with E-state index in [0.29, 0.717) is 16.8 Å². The molecule has 8 heteroatoms. The molecule has 0 aromatic carbocycles. The lowest BCUT2D eigenvalue weighted by Gasteiger charge is -2.18. The number of pyridine rings is 1. The molecule has 0 bridgehead atoms. The summed E-state index contributed by atoms with van der Waals surface area (Å²) in [7, 11) is 1.57. The van der Waals surface area contributed by atoms with Gasteiger partial charge in [0.2, 0.25) is 5.91 Å². The molecule has 0 radical (unpaired) electrons. The van der Waals surface area contributed by atoms with Crippen LogP contribution < -0.4 is 5.56 Å². The average molecular weight is 309 g/mol. The predicted octanol–water partition coefficient (Wildman–Crippen LogP) is 2.14. The Morgan fingerprint density at radius 2 is 2.10 bits per heavy atom. The summed E-state index contributed by atoms with van der Waals surface area (Å²) in [5, 5.41) is -0.554. The average Bonchev–Trinajstić information content (AvgIpc) is 3.16. The molecule has 2 rings (SSSR count). The van der Waals surface area contributed by atoms with Crippen molar-refractivity contribution < 1.29 is 18.0 Å². The van der Waals surface area contributed by atoms with Gasteiger partial charge in [-0.05, 0) is 18.9 Å². The van der Waals surface area contributed by atoms with Gasteiger partial charge in [-0.25, -0.2) is 0 Å². The van der Waals surface area contributed by atoms with Gasteiger partial charge >= 0.3 is 6.18 Å². The fourth-order valence-electron chi connectivity index (χ4n) is 1.79. The van der Waals surface area contributed by atoms with Crippen LogP contribution in [0.1, 0.15) is 18.4 Å². The first kappa shape index (κ1) is 14.9. The quantitative estimate of drug-likeness (QED) is 0.858. The normalized spacial score (nSPS) is 15.2. The van der Waals surface area contributed by atoms with Gasteiger partial charge in [0, 0.05) is 19.3 Å². The van der Waals surface area contributed by atoms with Crippen LogP contribution in [0.2, 0.25) is 5.02 Å². The number of halogens is 4. The Balaban J connectivity index is 2.28. The molecule has 1 aromatic heterocycles. The Bertz CT molecular complexity index is 593. The lowest BCUT2D eigenvalue weighted by Crippen LogP contribution is -2.35. The zero-order chi connectivity index (χ0) is 15.1. The summed E-state index contributed by atoms with van der Waals surface area (Å²) >= 11 is 5.50. The van der Waals surface area contributed by atoms with Crippen LogP contribution in [0.15, 0.2) is 17.1 Å². The van der Waals surface area contributed by atoms with Crippen LogP contribution in [0.25, 0.3) is 0 Å². The minimum absolute atomic E-state index is 0.125. The Morgan fingerprint density at radius 1 is 1.50 bits per heavy atom. The molecule has 0 aliphatic heterocycles. The van der Waals surface area contributed by atoms with Crippen molar-refractivity contribution in [1.29, 1.82) is 0 Å². The van der Waals surface area contributed by atoms with Gasteiger partial charge in [0.25, 0.3) is 5.56 Å². The molecule has 1 aliphatic carbocycles. The maximum absolute atomic E-state index is 12.6. The summed E-state index contributed by atoms with van der Waals surface area (Å²) in [5.74, 6) is -0.412. The number of alkyl halides is 3. The van der Waals surface area contributed by atoms with Gasteiger partial charge in [-0.3, -0.25) is 9.59 Å². The van der Waals surface area contributed by atoms with E-state index in [0.717, 1.165) is 12.8 Å². The molecule has 1 aliphatic rings. The van der Waals surface area contributed by atoms with Gasteiger partial charge in [0.1, 0.15) is 11.6 Å². The third-order valence-corrected chi connectivity index (χ3v) is 3.43. The molecular formula is C12H12ClF3N2O2. The second-order valence-corrected chi connectivity index (χ2v) is 5.15. The summed E-state index contributed by atoms with van der Waals surface area (Å²) in [6.07, 6.45) is -2.25. The fourth-order valence-corrected chi connectivity index (χ4v) is 2.02. The molecule has 1 amide bonds. The second kappa shape index (κ2) is 5.12. The summed E-state index contributed by atoms with van der Waals surface area (Å²) in [6.45, 7) is -0.449. The molecule has 0 N–H and O–H groups in total. The molecule has 1 aromatic rings. The highest BCUT2D eigenvalue weighted by Crippen LogP contribution is 2.30. The highest BCUT2D eigenvalue weighted by Gasteiger charge is 2.33. The number of aromatic nitrogens is 1. The zero-order valence-corrected chi connectivity index (χ0v) is 11.3. The van der Waals surface area contributed by atoms with Crippen molar-refractivity contribution in [1.82, 2.24) is 9.47 Å². The van der Waals surface area contributed by atoms with Crippen molar-refractivity contribution in [3.8, 4) is 0 Å². The monoisotopic (exact) mass is 308 g/mol. The summed E-state index contributed by atoms with van der Waals surface area (Å²) in [6, 6.07) is 0.689. The lowest BCUT2D eigenvalue weighted by molar-refractivity contribution is -0.138. The Kier molecular flexibility index (Phi) is 3.82. The van der Waals surface area contributed by atoms with E-state index in [-0.39, 0.29) is 6.04 Å². The van der Waals surface area contributed by atoms with Crippen molar-refractivity contribution >= 4 is 17.5 Å². The number of nitrogens with zero attached hydrogens (tertiary/aromatic N) is 2. The molecule has 110 valence electrons. The highest BCUT2D eigenvalue weighted by molar-refractivity contribution is 6.30. The Labute approximate surface area is 117 Å². The van der Waals surface area contributed by atoms with Crippen LogP contribution in [-0.2, 0) is 17.5 Å². The van der Waals surface area contributed by atoms with Crippen LogP contribution >= 0.6 is 11.6 Å². The van der Waals surface area contributed by atoms with Gasteiger partial charge in [-0.2, -0.15) is 13.2 Å². The van der Waals surface area contributed by atoms with E-state index < -0.39 is 34.8 Å². The van der Waals surface area contributed by atoms with Crippen LogP contribution in [0, 0.1) is 0 Å². The Hall–Kier alpha value is -1.50. The molecular weight excluding hydrogens is 297 g/mol. The third kappa shape index (κ3) is 3.15. The molecule has 0 unspecified atom stereocenters. The van der Waals surface area contributed by atoms with Gasteiger partial charge < -0.3 is 9.47 Å². The van der Waals surface area contributed by atoms with Crippen LogP contribution in [0.4, 0.5) is 13.2 Å². The van der Waals surface area contributed by atoms with Crippen LogP contribution in [0.3, 0.4) is 0 Å². The van der Waals surface area contributed by atoms with Crippen LogP contribution in [0.5, 0.6) is 0 Å². The van der Waals surface area contributed by atoms with Crippen LogP contribution in [-0.4, -0.2) is 28.5 Å². The summed E-state index contributed by atoms with van der Waals surface area (Å²) in [4.78, 5) is 25.0. The SMILES string of the molecule is CN(C(=O)Cn1cc(C(F)(F)F)cc(Cl)c1=O)C1CC1. The van der Waals surface area contributed by atoms with Gasteiger partial charge in [0.15, 0.2) is 0 Å². The van der Waals surface area contributed by atoms with E-state index in [4.69, 9.17) is 11.6 Å². The van der Waals surface area contributed by atoms with E-state index in [1.807, 2.05) is 0 Å². The molecule has 1 fully saturated rings. The largest absolute Gasteiger partial charge is 0.417 e. The van der Waals surface area contributed by atoms with E-state index in [9.17, 15) is 22.8 Å². The number of likely N-dealkylation sites (N-methyl/N-ethyl adjacent to an activating group) is 1. The number of carbonyl (C=O) groups is 1. The third-order valence-electron chi connectivity index (χ3n) is 3.16. The first-order valence-corrected chi connectivity index (χ1v) is 6.31. The van der Waals surface area contributed by atoms with Crippen molar-refractivity contribution in [3.05, 3.63) is 33.2 Å². The molecule has 0 saturated heterocycles. The first-order valence-electron chi connectivity index (χ1n) is 5.93. The lowest BCUT2D eigenvalue weighted by atomic mass is 10.2. The number of carbonyl (C=O) groups excluding carboxylic acids is 1. The van der Waals surface area contributed by atoms with Gasteiger partial charge in [0.05, 0.1) is 5.56 Å². The zero-order valence-electron chi connectivity index (χ0n) is 10.6. The molecule has 0 spiro atoms. The van der Waals surface area contributed by atoms with E-state index in [1.54, 1.807) is 7.05 Å². The van der Waals surface area contributed by atoms with Crippen molar-refractivity contribution in [2.24, 2.45) is 0 Å². The molecule has 1 saturated carbocycles. The molecule has 1 heterocycles. The van der Waals surface area contributed by atoms with E-state index in [1.165, 1.54) is 4.90 Å². The second-order valence-electron chi connectivity index (χ2n) is 4.74.